The summed E-state index contributed by atoms with van der Waals surface area (Å²) in [7, 11) is 0. The van der Waals surface area contributed by atoms with E-state index in [0.29, 0.717) is 0 Å². The van der Waals surface area contributed by atoms with E-state index < -0.39 is 0 Å². The van der Waals surface area contributed by atoms with Gasteiger partial charge in [-0.2, -0.15) is 0 Å². The first-order valence-electron chi connectivity index (χ1n) is 5.03. The average Bonchev–Trinajstić information content (AvgIpc) is 2.85. The first-order valence-corrected chi connectivity index (χ1v) is 5.91. The number of aromatic nitrogens is 1. The van der Waals surface area contributed by atoms with Gasteiger partial charge in [0.1, 0.15) is 5.01 Å². The normalized spacial score (nSPS) is 8.93. The quantitative estimate of drug-likeness (QED) is 0.722. The van der Waals surface area contributed by atoms with Crippen LogP contribution in [0.4, 0.5) is 0 Å². The molecule has 0 unspecified atom stereocenters. The summed E-state index contributed by atoms with van der Waals surface area (Å²) in [6.45, 7) is 7.78. The van der Waals surface area contributed by atoms with Crippen molar-refractivity contribution in [3.8, 4) is 10.6 Å². The highest BCUT2D eigenvalue weighted by Crippen LogP contribution is 2.25. The fraction of sp³-hybridized carbons (Fsp3) is 0.154. The summed E-state index contributed by atoms with van der Waals surface area (Å²) in [6, 6.07) is 8.14. The van der Waals surface area contributed by atoms with Crippen molar-refractivity contribution in [1.29, 1.82) is 0 Å². The Morgan fingerprint density at radius 3 is 2.60 bits per heavy atom. The highest BCUT2D eigenvalue weighted by Gasteiger charge is 2.02. The second-order valence-electron chi connectivity index (χ2n) is 2.63. The zero-order chi connectivity index (χ0) is 11.1. The molecule has 0 aliphatic heterocycles. The first-order chi connectivity index (χ1) is 7.42. The molecule has 0 bridgehead atoms. The molecule has 1 heterocycles. The van der Waals surface area contributed by atoms with Crippen LogP contribution in [0.15, 0.2) is 42.4 Å². The maximum absolute atomic E-state index is 4.27. The van der Waals surface area contributed by atoms with Gasteiger partial charge in [0.2, 0.25) is 0 Å². The molecule has 0 N–H and O–H groups in total. The Kier molecular flexibility index (Phi) is 4.78. The SMILES string of the molecule is C=Cc1ccccc1-c1nccs1.CC. The predicted molar refractivity (Wildman–Crippen MR) is 69.0 cm³/mol. The van der Waals surface area contributed by atoms with E-state index in [0.717, 1.165) is 16.1 Å². The van der Waals surface area contributed by atoms with Crippen molar-refractivity contribution in [3.05, 3.63) is 48.0 Å². The van der Waals surface area contributed by atoms with Crippen LogP contribution >= 0.6 is 11.3 Å². The fourth-order valence-electron chi connectivity index (χ4n) is 1.23. The molecule has 0 atom stereocenters. The van der Waals surface area contributed by atoms with Gasteiger partial charge in [-0.3, -0.25) is 0 Å². The van der Waals surface area contributed by atoms with E-state index in [-0.39, 0.29) is 0 Å². The Balaban J connectivity index is 0.000000531. The Morgan fingerprint density at radius 2 is 2.00 bits per heavy atom. The van der Waals surface area contributed by atoms with Crippen LogP contribution < -0.4 is 0 Å². The molecule has 0 spiro atoms. The lowest BCUT2D eigenvalue weighted by Gasteiger charge is -2.00. The predicted octanol–water partition coefficient (Wildman–Crippen LogP) is 4.48. The van der Waals surface area contributed by atoms with Crippen LogP contribution in [0, 0.1) is 0 Å². The number of thiazole rings is 1. The van der Waals surface area contributed by atoms with E-state index in [1.807, 2.05) is 49.7 Å². The average molecular weight is 217 g/mol. The van der Waals surface area contributed by atoms with Crippen LogP contribution in [0.25, 0.3) is 16.6 Å². The second kappa shape index (κ2) is 6.14. The van der Waals surface area contributed by atoms with Crippen LogP contribution in [-0.2, 0) is 0 Å². The molecule has 2 aromatic rings. The molecule has 0 amide bonds. The molecule has 0 aliphatic carbocycles. The third kappa shape index (κ3) is 2.77. The number of benzene rings is 1. The summed E-state index contributed by atoms with van der Waals surface area (Å²) in [5.41, 5.74) is 2.30. The minimum Gasteiger partial charge on any atom is -0.245 e. The van der Waals surface area contributed by atoms with Gasteiger partial charge >= 0.3 is 0 Å². The molecule has 2 heteroatoms. The third-order valence-corrected chi connectivity index (χ3v) is 2.65. The molecule has 0 fully saturated rings. The minimum absolute atomic E-state index is 1.05. The lowest BCUT2D eigenvalue weighted by molar-refractivity contribution is 1.41. The van der Waals surface area contributed by atoms with E-state index in [1.54, 1.807) is 11.3 Å². The molecule has 15 heavy (non-hydrogen) atoms. The van der Waals surface area contributed by atoms with Gasteiger partial charge in [0.25, 0.3) is 0 Å². The van der Waals surface area contributed by atoms with Crippen molar-refractivity contribution in [2.24, 2.45) is 0 Å². The molecule has 2 rings (SSSR count). The molecular weight excluding hydrogens is 202 g/mol. The standard InChI is InChI=1S/C11H9NS.C2H6/c1-2-9-5-3-4-6-10(9)11-12-7-8-13-11;1-2/h2-8H,1H2;1-2H3. The van der Waals surface area contributed by atoms with Gasteiger partial charge in [-0.25, -0.2) is 4.98 Å². The molecule has 0 saturated heterocycles. The Bertz CT molecular complexity index is 404. The first kappa shape index (κ1) is 11.7. The van der Waals surface area contributed by atoms with Gasteiger partial charge in [0, 0.05) is 17.1 Å². The van der Waals surface area contributed by atoms with E-state index in [2.05, 4.69) is 17.6 Å². The lowest BCUT2D eigenvalue weighted by atomic mass is 10.1. The van der Waals surface area contributed by atoms with E-state index in [9.17, 15) is 0 Å². The molecular formula is C13H15NS. The number of rotatable bonds is 2. The van der Waals surface area contributed by atoms with Crippen LogP contribution in [0.5, 0.6) is 0 Å². The summed E-state index contributed by atoms with van der Waals surface area (Å²) in [6.07, 6.45) is 3.68. The Morgan fingerprint density at radius 1 is 1.27 bits per heavy atom. The van der Waals surface area contributed by atoms with Gasteiger partial charge in [0.05, 0.1) is 0 Å². The van der Waals surface area contributed by atoms with Crippen molar-refractivity contribution in [3.63, 3.8) is 0 Å². The highest BCUT2D eigenvalue weighted by atomic mass is 32.1. The summed E-state index contributed by atoms with van der Waals surface area (Å²) in [5, 5.41) is 3.03. The second-order valence-corrected chi connectivity index (χ2v) is 3.52. The van der Waals surface area contributed by atoms with Gasteiger partial charge in [0.15, 0.2) is 0 Å². The number of hydrogen-bond acceptors (Lipinski definition) is 2. The van der Waals surface area contributed by atoms with Crippen LogP contribution in [0.2, 0.25) is 0 Å². The molecule has 0 radical (unpaired) electrons. The van der Waals surface area contributed by atoms with Crippen molar-refractivity contribution < 1.29 is 0 Å². The van der Waals surface area contributed by atoms with Gasteiger partial charge in [-0.15, -0.1) is 11.3 Å². The molecule has 0 saturated carbocycles. The Labute approximate surface area is 95.1 Å². The minimum atomic E-state index is 1.05. The van der Waals surface area contributed by atoms with Crippen molar-refractivity contribution in [2.45, 2.75) is 13.8 Å². The third-order valence-electron chi connectivity index (χ3n) is 1.84. The van der Waals surface area contributed by atoms with E-state index >= 15 is 0 Å². The largest absolute Gasteiger partial charge is 0.245 e. The molecule has 1 nitrogen and oxygen atoms in total. The lowest BCUT2D eigenvalue weighted by Crippen LogP contribution is -1.79. The van der Waals surface area contributed by atoms with Crippen LogP contribution in [-0.4, -0.2) is 4.98 Å². The zero-order valence-corrected chi connectivity index (χ0v) is 9.92. The number of hydrogen-bond donors (Lipinski definition) is 0. The van der Waals surface area contributed by atoms with Gasteiger partial charge in [-0.05, 0) is 5.56 Å². The molecule has 78 valence electrons. The zero-order valence-electron chi connectivity index (χ0n) is 9.10. The maximum Gasteiger partial charge on any atom is 0.123 e. The summed E-state index contributed by atoms with van der Waals surface area (Å²) in [4.78, 5) is 4.27. The van der Waals surface area contributed by atoms with Gasteiger partial charge < -0.3 is 0 Å². The summed E-state index contributed by atoms with van der Waals surface area (Å²) >= 11 is 1.65. The fourth-order valence-corrected chi connectivity index (χ4v) is 1.91. The summed E-state index contributed by atoms with van der Waals surface area (Å²) in [5.74, 6) is 0. The smallest absolute Gasteiger partial charge is 0.123 e. The van der Waals surface area contributed by atoms with E-state index in [1.165, 1.54) is 0 Å². The monoisotopic (exact) mass is 217 g/mol. The number of nitrogens with zero attached hydrogens (tertiary/aromatic N) is 1. The molecule has 1 aromatic carbocycles. The van der Waals surface area contributed by atoms with Crippen molar-refractivity contribution in [2.75, 3.05) is 0 Å². The molecule has 0 aliphatic rings. The topological polar surface area (TPSA) is 12.9 Å². The molecule has 1 aromatic heterocycles. The van der Waals surface area contributed by atoms with E-state index in [4.69, 9.17) is 0 Å². The summed E-state index contributed by atoms with van der Waals surface area (Å²) < 4.78 is 0. The highest BCUT2D eigenvalue weighted by molar-refractivity contribution is 7.13. The van der Waals surface area contributed by atoms with Crippen molar-refractivity contribution in [1.82, 2.24) is 4.98 Å². The Hall–Kier alpha value is -1.41. The van der Waals surface area contributed by atoms with Crippen LogP contribution in [0.1, 0.15) is 19.4 Å². The maximum atomic E-state index is 4.27. The van der Waals surface area contributed by atoms with Crippen molar-refractivity contribution >= 4 is 17.4 Å². The van der Waals surface area contributed by atoms with Crippen LogP contribution in [0.3, 0.4) is 0 Å². The van der Waals surface area contributed by atoms with Gasteiger partial charge in [-0.1, -0.05) is 50.8 Å².